The zero-order valence-corrected chi connectivity index (χ0v) is 58.0. The summed E-state index contributed by atoms with van der Waals surface area (Å²) in [6.45, 7) is 1.69. The molecule has 0 aliphatic carbocycles. The van der Waals surface area contributed by atoms with Crippen molar-refractivity contribution in [1.82, 2.24) is 5.32 Å². The molecule has 0 radical (unpaired) electrons. The van der Waals surface area contributed by atoms with Gasteiger partial charge >= 0.3 is 0 Å². The molecule has 0 bridgehead atoms. The number of ether oxygens (including phenoxy) is 6. The van der Waals surface area contributed by atoms with Crippen LogP contribution in [0.3, 0.4) is 0 Å². The number of rotatable bonds is 59. The van der Waals surface area contributed by atoms with Gasteiger partial charge in [0.2, 0.25) is 5.91 Å². The van der Waals surface area contributed by atoms with Gasteiger partial charge in [0.1, 0.15) is 73.2 Å². The first-order chi connectivity index (χ1) is 45.3. The summed E-state index contributed by atoms with van der Waals surface area (Å²) in [5.41, 5.74) is 0. The molecule has 12 N–H and O–H groups in total. The standard InChI is InChI=1S/C74H137NO18/c1-3-5-7-9-11-13-15-17-18-19-20-21-22-23-24-25-26-27-28-29-30-31-32-33-34-35-36-37-38-40-42-44-46-48-50-52-62(80)75-57(58(79)51-49-47-45-43-41-39-16-14-12-10-8-6-4-2)56-88-72-68(86)65(83)70(60(54-77)90-72)93-74-69(87)66(84)71(61(55-78)91-74)92-73-67(85)64(82)63(81)59(53-76)89-73/h12,14,41,43,49,51,57-61,63-74,76-79,81-87H,3-11,13,15-40,42,44-48,50,52-56H2,1-2H3,(H,75,80)/b14-12+,43-41+,51-49+. The van der Waals surface area contributed by atoms with E-state index in [9.17, 15) is 61.0 Å². The molecule has 3 aliphatic rings. The largest absolute Gasteiger partial charge is 0.394 e. The number of amides is 1. The van der Waals surface area contributed by atoms with Crippen molar-refractivity contribution in [3.8, 4) is 0 Å². The third-order valence-corrected chi connectivity index (χ3v) is 18.9. The third kappa shape index (κ3) is 37.1. The normalized spacial score (nSPS) is 27.7. The van der Waals surface area contributed by atoms with Crippen LogP contribution in [0.4, 0.5) is 0 Å². The number of carbonyl (C=O) groups excluding carboxylic acids is 1. The topological polar surface area (TPSA) is 307 Å². The van der Waals surface area contributed by atoms with E-state index in [2.05, 4.69) is 43.5 Å². The van der Waals surface area contributed by atoms with Crippen molar-refractivity contribution in [2.45, 2.75) is 401 Å². The van der Waals surface area contributed by atoms with E-state index in [4.69, 9.17) is 28.4 Å². The first-order valence-corrected chi connectivity index (χ1v) is 37.7. The van der Waals surface area contributed by atoms with Gasteiger partial charge < -0.3 is 89.9 Å². The highest BCUT2D eigenvalue weighted by atomic mass is 16.8. The second-order valence-corrected chi connectivity index (χ2v) is 27.1. The summed E-state index contributed by atoms with van der Waals surface area (Å²) < 4.78 is 34.3. The molecular weight excluding hydrogens is 1190 g/mol. The fourth-order valence-electron chi connectivity index (χ4n) is 12.8. The second kappa shape index (κ2) is 55.8. The zero-order chi connectivity index (χ0) is 67.5. The first kappa shape index (κ1) is 85.2. The Hall–Kier alpha value is -1.99. The molecule has 3 rings (SSSR count). The van der Waals surface area contributed by atoms with Gasteiger partial charge in [-0.3, -0.25) is 4.79 Å². The van der Waals surface area contributed by atoms with Gasteiger partial charge in [-0.15, -0.1) is 0 Å². The van der Waals surface area contributed by atoms with E-state index in [1.807, 2.05) is 6.08 Å². The van der Waals surface area contributed by atoms with Gasteiger partial charge in [0.25, 0.3) is 0 Å². The van der Waals surface area contributed by atoms with Crippen LogP contribution in [0, 0.1) is 0 Å². The summed E-state index contributed by atoms with van der Waals surface area (Å²) in [4.78, 5) is 13.4. The van der Waals surface area contributed by atoms with Gasteiger partial charge in [0.05, 0.1) is 38.6 Å². The van der Waals surface area contributed by atoms with Crippen LogP contribution >= 0.6 is 0 Å². The molecule has 3 aliphatic heterocycles. The van der Waals surface area contributed by atoms with Crippen LogP contribution in [0.2, 0.25) is 0 Å². The molecule has 19 nitrogen and oxygen atoms in total. The minimum Gasteiger partial charge on any atom is -0.394 e. The van der Waals surface area contributed by atoms with E-state index < -0.39 is 124 Å². The van der Waals surface area contributed by atoms with Gasteiger partial charge in [-0.05, 0) is 44.9 Å². The summed E-state index contributed by atoms with van der Waals surface area (Å²) in [6.07, 6.45) is 40.3. The van der Waals surface area contributed by atoms with Gasteiger partial charge in [-0.1, -0.05) is 281 Å². The van der Waals surface area contributed by atoms with E-state index in [1.165, 1.54) is 218 Å². The van der Waals surface area contributed by atoms with Crippen LogP contribution < -0.4 is 5.32 Å². The fraction of sp³-hybridized carbons (Fsp3) is 0.905. The number of allylic oxidation sites excluding steroid dienone is 5. The average Bonchev–Trinajstić information content (AvgIpc) is 1.62. The molecule has 0 aromatic heterocycles. The van der Waals surface area contributed by atoms with E-state index in [0.717, 1.165) is 44.9 Å². The van der Waals surface area contributed by atoms with Crippen LogP contribution in [-0.4, -0.2) is 193 Å². The molecular formula is C74H137NO18. The maximum atomic E-state index is 13.4. The van der Waals surface area contributed by atoms with Crippen LogP contribution in [0.5, 0.6) is 0 Å². The summed E-state index contributed by atoms with van der Waals surface area (Å²) in [7, 11) is 0. The lowest BCUT2D eigenvalue weighted by Gasteiger charge is -2.48. The van der Waals surface area contributed by atoms with Crippen LogP contribution in [0.25, 0.3) is 0 Å². The van der Waals surface area contributed by atoms with Gasteiger partial charge in [0.15, 0.2) is 18.9 Å². The molecule has 0 aromatic rings. The highest BCUT2D eigenvalue weighted by Gasteiger charge is 2.53. The van der Waals surface area contributed by atoms with E-state index in [-0.39, 0.29) is 18.9 Å². The highest BCUT2D eigenvalue weighted by Crippen LogP contribution is 2.33. The molecule has 546 valence electrons. The van der Waals surface area contributed by atoms with Crippen LogP contribution in [0.15, 0.2) is 36.5 Å². The number of unbranched alkanes of at least 4 members (excludes halogenated alkanes) is 39. The van der Waals surface area contributed by atoms with Crippen molar-refractivity contribution in [2.24, 2.45) is 0 Å². The monoisotopic (exact) mass is 1330 g/mol. The van der Waals surface area contributed by atoms with Crippen LogP contribution in [-0.2, 0) is 33.2 Å². The maximum absolute atomic E-state index is 13.4. The molecule has 0 aromatic carbocycles. The Kier molecular flexibility index (Phi) is 51.2. The molecule has 3 saturated heterocycles. The number of aliphatic hydroxyl groups excluding tert-OH is 11. The SMILES string of the molecule is CCCCC/C=C/CC/C=C/CC/C=C/C(O)C(COC1OC(CO)C(OC2OC(CO)C(OC3OC(CO)C(O)C(O)C3O)C(O)C2O)C(O)C1O)NC(=O)CCCCCCCCCCCCCCCCCCCCCCCCCCCCCCCCCCCCC. The predicted molar refractivity (Wildman–Crippen MR) is 365 cm³/mol. The molecule has 0 saturated carbocycles. The molecule has 93 heavy (non-hydrogen) atoms. The number of aliphatic hydroxyl groups is 11. The van der Waals surface area contributed by atoms with Crippen molar-refractivity contribution >= 4 is 5.91 Å². The van der Waals surface area contributed by atoms with Crippen molar-refractivity contribution in [1.29, 1.82) is 0 Å². The van der Waals surface area contributed by atoms with Crippen molar-refractivity contribution < 1.29 is 89.4 Å². The van der Waals surface area contributed by atoms with Gasteiger partial charge in [-0.2, -0.15) is 0 Å². The maximum Gasteiger partial charge on any atom is 0.220 e. The van der Waals surface area contributed by atoms with Gasteiger partial charge in [-0.25, -0.2) is 0 Å². The average molecular weight is 1330 g/mol. The van der Waals surface area contributed by atoms with E-state index in [1.54, 1.807) is 6.08 Å². The lowest BCUT2D eigenvalue weighted by atomic mass is 9.96. The Morgan fingerprint density at radius 1 is 0.376 bits per heavy atom. The molecule has 17 atom stereocenters. The molecule has 3 fully saturated rings. The lowest BCUT2D eigenvalue weighted by Crippen LogP contribution is -2.66. The number of hydrogen-bond acceptors (Lipinski definition) is 18. The number of nitrogens with one attached hydrogen (secondary N) is 1. The van der Waals surface area contributed by atoms with Crippen molar-refractivity contribution in [3.63, 3.8) is 0 Å². The molecule has 19 heteroatoms. The van der Waals surface area contributed by atoms with Gasteiger partial charge in [0, 0.05) is 6.42 Å². The fourth-order valence-corrected chi connectivity index (χ4v) is 12.8. The quantitative estimate of drug-likeness (QED) is 0.0199. The van der Waals surface area contributed by atoms with E-state index >= 15 is 0 Å². The minimum absolute atomic E-state index is 0.236. The lowest BCUT2D eigenvalue weighted by molar-refractivity contribution is -0.379. The molecule has 17 unspecified atom stereocenters. The Morgan fingerprint density at radius 2 is 0.688 bits per heavy atom. The summed E-state index contributed by atoms with van der Waals surface area (Å²) >= 11 is 0. The number of hydrogen-bond donors (Lipinski definition) is 12. The zero-order valence-electron chi connectivity index (χ0n) is 58.0. The van der Waals surface area contributed by atoms with Crippen molar-refractivity contribution in [2.75, 3.05) is 26.4 Å². The summed E-state index contributed by atoms with van der Waals surface area (Å²) in [5, 5.41) is 120. The highest BCUT2D eigenvalue weighted by molar-refractivity contribution is 5.76. The van der Waals surface area contributed by atoms with Crippen molar-refractivity contribution in [3.05, 3.63) is 36.5 Å². The Balaban J connectivity index is 1.32. The van der Waals surface area contributed by atoms with E-state index in [0.29, 0.717) is 12.8 Å². The summed E-state index contributed by atoms with van der Waals surface area (Å²) in [6, 6.07) is -0.994. The smallest absolute Gasteiger partial charge is 0.220 e. The minimum atomic E-state index is -1.98. The summed E-state index contributed by atoms with van der Waals surface area (Å²) in [5.74, 6) is -0.286. The third-order valence-electron chi connectivity index (χ3n) is 18.9. The van der Waals surface area contributed by atoms with Crippen LogP contribution in [0.1, 0.15) is 296 Å². The Labute approximate surface area is 561 Å². The number of carbonyl (C=O) groups is 1. The predicted octanol–water partition coefficient (Wildman–Crippen LogP) is 11.2. The molecule has 1 amide bonds. The second-order valence-electron chi connectivity index (χ2n) is 27.1. The Morgan fingerprint density at radius 3 is 1.08 bits per heavy atom. The first-order valence-electron chi connectivity index (χ1n) is 37.7. The molecule has 0 spiro atoms. The molecule has 3 heterocycles. The Bertz CT molecular complexity index is 1830.